The lowest BCUT2D eigenvalue weighted by Crippen LogP contribution is -2.30. The van der Waals surface area contributed by atoms with E-state index in [1.165, 1.54) is 18.4 Å². The van der Waals surface area contributed by atoms with Crippen LogP contribution >= 0.6 is 0 Å². The van der Waals surface area contributed by atoms with Crippen LogP contribution < -0.4 is 10.4 Å². The summed E-state index contributed by atoms with van der Waals surface area (Å²) in [5.41, 5.74) is 6.45. The van der Waals surface area contributed by atoms with Gasteiger partial charge < -0.3 is 9.64 Å². The quantitative estimate of drug-likeness (QED) is 0.0928. The highest BCUT2D eigenvalue weighted by Gasteiger charge is 2.15. The van der Waals surface area contributed by atoms with Gasteiger partial charge in [-0.1, -0.05) is 102 Å². The third-order valence-electron chi connectivity index (χ3n) is 5.58. The van der Waals surface area contributed by atoms with Crippen LogP contribution in [0.25, 0.3) is 0 Å². The highest BCUT2D eigenvalue weighted by atomic mass is 16.6. The molecule has 1 amide bonds. The molecule has 0 bridgehead atoms. The fraction of sp³-hybridized carbons (Fsp3) is 0.457. The van der Waals surface area contributed by atoms with Gasteiger partial charge in [-0.25, -0.2) is 5.48 Å². The van der Waals surface area contributed by atoms with Gasteiger partial charge in [0.05, 0.1) is 19.8 Å². The van der Waals surface area contributed by atoms with Crippen LogP contribution in [0, 0.1) is 12.8 Å². The van der Waals surface area contributed by atoms with Crippen LogP contribution in [0.5, 0.6) is 0 Å². The minimum atomic E-state index is -0.254. The van der Waals surface area contributed by atoms with E-state index in [4.69, 9.17) is 9.57 Å². The zero-order valence-electron chi connectivity index (χ0n) is 25.8. The number of anilines is 1. The SMILES string of the molecule is C#C.C=CCCN(CCOCC=C)c1cc(C(=O)NOCc2ccccc2)ccc1CCCC.CC.CCCC. The summed E-state index contributed by atoms with van der Waals surface area (Å²) in [6.45, 7) is 21.1. The van der Waals surface area contributed by atoms with E-state index < -0.39 is 0 Å². The maximum Gasteiger partial charge on any atom is 0.274 e. The zero-order valence-corrected chi connectivity index (χ0v) is 25.8. The first-order chi connectivity index (χ1) is 19.6. The van der Waals surface area contributed by atoms with Crippen molar-refractivity contribution in [1.29, 1.82) is 0 Å². The van der Waals surface area contributed by atoms with Gasteiger partial charge in [0.2, 0.25) is 0 Å². The van der Waals surface area contributed by atoms with Crippen molar-refractivity contribution in [3.8, 4) is 12.8 Å². The lowest BCUT2D eigenvalue weighted by atomic mass is 10.0. The molecule has 0 aliphatic heterocycles. The number of amides is 1. The maximum atomic E-state index is 12.7. The minimum Gasteiger partial charge on any atom is -0.376 e. The molecule has 0 spiro atoms. The van der Waals surface area contributed by atoms with Gasteiger partial charge in [-0.2, -0.15) is 0 Å². The summed E-state index contributed by atoms with van der Waals surface area (Å²) in [5, 5.41) is 0. The fourth-order valence-electron chi connectivity index (χ4n) is 3.34. The molecule has 2 aromatic carbocycles. The summed E-state index contributed by atoms with van der Waals surface area (Å²) >= 11 is 0. The van der Waals surface area contributed by atoms with E-state index in [9.17, 15) is 4.79 Å². The monoisotopic (exact) mass is 550 g/mol. The first kappa shape index (κ1) is 38.8. The molecule has 0 aromatic heterocycles. The molecule has 2 aromatic rings. The van der Waals surface area contributed by atoms with E-state index in [0.717, 1.165) is 50.0 Å². The molecule has 1 N–H and O–H groups in total. The molecule has 0 atom stereocenters. The Balaban J connectivity index is 0. The van der Waals surface area contributed by atoms with Crippen LogP contribution in [0.3, 0.4) is 0 Å². The number of hydrogen-bond acceptors (Lipinski definition) is 4. The Labute approximate surface area is 245 Å². The minimum absolute atomic E-state index is 0.254. The third-order valence-corrected chi connectivity index (χ3v) is 5.58. The molecule has 0 aliphatic carbocycles. The standard InChI is InChI=1S/C27H36N2O3.C4H10.C2H6.C2H2/c1-4-7-14-24-15-16-25(27(30)28-32-22-23-12-10-9-11-13-23)21-26(24)29(17-8-5-2)18-20-31-19-6-3;1-3-4-2;2*1-2/h5-6,9-13,15-16,21H,2-4,7-8,14,17-20,22H2,1H3,(H,28,30);3-4H2,1-2H3;1-2H3;1-2H. The van der Waals surface area contributed by atoms with Crippen molar-refractivity contribution in [2.75, 3.05) is 31.2 Å². The maximum absolute atomic E-state index is 12.7. The second-order valence-corrected chi connectivity index (χ2v) is 8.58. The van der Waals surface area contributed by atoms with Crippen LogP contribution in [-0.2, 0) is 22.6 Å². The van der Waals surface area contributed by atoms with Crippen LogP contribution in [0.1, 0.15) is 88.2 Å². The summed E-state index contributed by atoms with van der Waals surface area (Å²) in [7, 11) is 0. The van der Waals surface area contributed by atoms with Crippen LogP contribution in [0.15, 0.2) is 73.8 Å². The number of aryl methyl sites for hydroxylation is 1. The molecule has 0 aliphatic rings. The first-order valence-electron chi connectivity index (χ1n) is 14.6. The average Bonchev–Trinajstić information content (AvgIpc) is 3.02. The predicted octanol–water partition coefficient (Wildman–Crippen LogP) is 8.56. The van der Waals surface area contributed by atoms with Gasteiger partial charge >= 0.3 is 0 Å². The highest BCUT2D eigenvalue weighted by Crippen LogP contribution is 2.25. The number of terminal acetylenes is 1. The van der Waals surface area contributed by atoms with Crippen molar-refractivity contribution in [2.24, 2.45) is 0 Å². The molecule has 2 rings (SSSR count). The Kier molecular flexibility index (Phi) is 27.8. The molecule has 5 heteroatoms. The largest absolute Gasteiger partial charge is 0.376 e. The number of nitrogens with zero attached hydrogens (tertiary/aromatic N) is 1. The number of ether oxygens (including phenoxy) is 1. The Bertz CT molecular complexity index is 907. The number of benzene rings is 2. The zero-order chi connectivity index (χ0) is 30.4. The number of carbonyl (C=O) groups is 1. The normalized spacial score (nSPS) is 9.38. The number of unbranched alkanes of at least 4 members (excludes halogenated alkanes) is 2. The van der Waals surface area contributed by atoms with Gasteiger partial charge in [-0.05, 0) is 42.5 Å². The van der Waals surface area contributed by atoms with Gasteiger partial charge in [-0.15, -0.1) is 26.0 Å². The number of nitrogens with one attached hydrogen (secondary N) is 1. The third kappa shape index (κ3) is 18.0. The second-order valence-electron chi connectivity index (χ2n) is 8.58. The first-order valence-corrected chi connectivity index (χ1v) is 14.6. The number of hydroxylamine groups is 1. The fourth-order valence-corrected chi connectivity index (χ4v) is 3.34. The summed E-state index contributed by atoms with van der Waals surface area (Å²) in [6, 6.07) is 15.6. The lowest BCUT2D eigenvalue weighted by molar-refractivity contribution is 0.0233. The summed E-state index contributed by atoms with van der Waals surface area (Å²) < 4.78 is 5.62. The van der Waals surface area contributed by atoms with Crippen molar-refractivity contribution < 1.29 is 14.4 Å². The lowest BCUT2D eigenvalue weighted by Gasteiger charge is -2.27. The molecule has 0 saturated heterocycles. The van der Waals surface area contributed by atoms with E-state index in [1.54, 1.807) is 6.08 Å². The molecular formula is C35H54N2O3. The van der Waals surface area contributed by atoms with Crippen LogP contribution in [0.4, 0.5) is 5.69 Å². The van der Waals surface area contributed by atoms with E-state index in [2.05, 4.69) is 63.2 Å². The molecule has 5 nitrogen and oxygen atoms in total. The van der Waals surface area contributed by atoms with Crippen molar-refractivity contribution in [2.45, 2.75) is 79.8 Å². The highest BCUT2D eigenvalue weighted by molar-refractivity contribution is 5.94. The molecule has 0 saturated carbocycles. The van der Waals surface area contributed by atoms with E-state index >= 15 is 0 Å². The average molecular weight is 551 g/mol. The van der Waals surface area contributed by atoms with E-state index in [1.807, 2.05) is 62.4 Å². The van der Waals surface area contributed by atoms with Gasteiger partial charge in [0.15, 0.2) is 0 Å². The Morgan fingerprint density at radius 2 is 1.62 bits per heavy atom. The van der Waals surface area contributed by atoms with Crippen LogP contribution in [0.2, 0.25) is 0 Å². The molecular weight excluding hydrogens is 496 g/mol. The summed E-state index contributed by atoms with van der Waals surface area (Å²) in [5.74, 6) is -0.254. The van der Waals surface area contributed by atoms with Crippen molar-refractivity contribution in [3.05, 3.63) is 90.5 Å². The molecule has 0 fully saturated rings. The van der Waals surface area contributed by atoms with Crippen LogP contribution in [-0.4, -0.2) is 32.2 Å². The molecule has 40 heavy (non-hydrogen) atoms. The van der Waals surface area contributed by atoms with Gasteiger partial charge in [0, 0.05) is 24.3 Å². The van der Waals surface area contributed by atoms with Crippen molar-refractivity contribution in [3.63, 3.8) is 0 Å². The van der Waals surface area contributed by atoms with E-state index in [0.29, 0.717) is 25.4 Å². The number of hydrogen-bond donors (Lipinski definition) is 1. The molecule has 0 unspecified atom stereocenters. The Morgan fingerprint density at radius 3 is 2.20 bits per heavy atom. The summed E-state index contributed by atoms with van der Waals surface area (Å²) in [6.07, 6.45) is 18.3. The Hall–Kier alpha value is -3.33. The number of rotatable bonds is 17. The molecule has 0 heterocycles. The Morgan fingerprint density at radius 1 is 0.950 bits per heavy atom. The predicted molar refractivity (Wildman–Crippen MR) is 174 cm³/mol. The molecule has 0 radical (unpaired) electrons. The molecule has 222 valence electrons. The topological polar surface area (TPSA) is 50.8 Å². The summed E-state index contributed by atoms with van der Waals surface area (Å²) in [4.78, 5) is 20.4. The van der Waals surface area contributed by atoms with Crippen molar-refractivity contribution >= 4 is 11.6 Å². The van der Waals surface area contributed by atoms with E-state index in [-0.39, 0.29) is 5.91 Å². The van der Waals surface area contributed by atoms with Gasteiger partial charge in [0.25, 0.3) is 5.91 Å². The van der Waals surface area contributed by atoms with Gasteiger partial charge in [0.1, 0.15) is 0 Å². The smallest absolute Gasteiger partial charge is 0.274 e. The number of carbonyl (C=O) groups excluding carboxylic acids is 1. The van der Waals surface area contributed by atoms with Gasteiger partial charge in [-0.3, -0.25) is 9.63 Å². The van der Waals surface area contributed by atoms with Crippen molar-refractivity contribution in [1.82, 2.24) is 5.48 Å². The second kappa shape index (κ2) is 28.7.